The van der Waals surface area contributed by atoms with E-state index >= 15 is 0 Å². The van der Waals surface area contributed by atoms with Crippen LogP contribution in [0.3, 0.4) is 0 Å². The second-order valence-corrected chi connectivity index (χ2v) is 12.2. The summed E-state index contributed by atoms with van der Waals surface area (Å²) in [4.78, 5) is 41.7. The monoisotopic (exact) mass is 537 g/mol. The van der Waals surface area contributed by atoms with Crippen LogP contribution in [-0.2, 0) is 21.5 Å². The standard InChI is InChI=1S/C30H36ClN3O4/c1-29(2,3)38-28(36)33-16-12-20(13-17-33)21-10-11-23-26(18-21)34(27(35)30(23)14-5-4-6-15-30)25-9-7-8-24(31)22(25)19-32-37/h7-11,18,20H,4-6,12-17,19H2,1-3H3. The molecule has 2 aromatic rings. The van der Waals surface area contributed by atoms with E-state index < -0.39 is 11.0 Å². The number of anilines is 2. The highest BCUT2D eigenvalue weighted by Gasteiger charge is 2.52. The summed E-state index contributed by atoms with van der Waals surface area (Å²) in [5.74, 6) is 0.341. The van der Waals surface area contributed by atoms with E-state index in [4.69, 9.17) is 16.3 Å². The van der Waals surface area contributed by atoms with Gasteiger partial charge in [0.05, 0.1) is 16.8 Å². The Morgan fingerprint density at radius 2 is 1.79 bits per heavy atom. The van der Waals surface area contributed by atoms with Crippen LogP contribution in [0.15, 0.2) is 41.6 Å². The number of likely N-dealkylation sites (tertiary alicyclic amines) is 1. The lowest BCUT2D eigenvalue weighted by Gasteiger charge is -2.34. The quantitative estimate of drug-likeness (QED) is 0.376. The summed E-state index contributed by atoms with van der Waals surface area (Å²) in [6, 6.07) is 11.9. The zero-order chi connectivity index (χ0) is 27.1. The van der Waals surface area contributed by atoms with Crippen molar-refractivity contribution in [2.24, 2.45) is 5.18 Å². The predicted molar refractivity (Wildman–Crippen MR) is 149 cm³/mol. The van der Waals surface area contributed by atoms with E-state index in [0.29, 0.717) is 29.4 Å². The van der Waals surface area contributed by atoms with E-state index in [1.807, 2.05) is 32.9 Å². The van der Waals surface area contributed by atoms with Crippen molar-refractivity contribution in [2.45, 2.75) is 89.2 Å². The summed E-state index contributed by atoms with van der Waals surface area (Å²) in [7, 11) is 0. The summed E-state index contributed by atoms with van der Waals surface area (Å²) in [6.45, 7) is 6.81. The maximum Gasteiger partial charge on any atom is 0.410 e. The van der Waals surface area contributed by atoms with Gasteiger partial charge in [-0.05, 0) is 81.7 Å². The molecule has 0 bridgehead atoms. The minimum Gasteiger partial charge on any atom is -0.444 e. The Labute approximate surface area is 229 Å². The molecule has 2 heterocycles. The van der Waals surface area contributed by atoms with E-state index in [-0.39, 0.29) is 24.5 Å². The molecule has 2 aliphatic heterocycles. The van der Waals surface area contributed by atoms with Gasteiger partial charge >= 0.3 is 6.09 Å². The van der Waals surface area contributed by atoms with Gasteiger partial charge in [0.1, 0.15) is 12.1 Å². The van der Waals surface area contributed by atoms with Crippen LogP contribution in [-0.4, -0.2) is 35.6 Å². The zero-order valence-corrected chi connectivity index (χ0v) is 23.2. The third kappa shape index (κ3) is 4.81. The SMILES string of the molecule is CC(C)(C)OC(=O)N1CCC(c2ccc3c(c2)N(c2cccc(Cl)c2CN=O)C(=O)C32CCCCC2)CC1. The van der Waals surface area contributed by atoms with Gasteiger partial charge in [0, 0.05) is 23.7 Å². The van der Waals surface area contributed by atoms with Crippen LogP contribution in [0.4, 0.5) is 16.2 Å². The molecular formula is C30H36ClN3O4. The third-order valence-electron chi connectivity index (χ3n) is 8.27. The molecular weight excluding hydrogens is 502 g/mol. The molecule has 38 heavy (non-hydrogen) atoms. The van der Waals surface area contributed by atoms with Gasteiger partial charge in [0.2, 0.25) is 5.91 Å². The maximum absolute atomic E-state index is 14.2. The number of hydrogen-bond acceptors (Lipinski definition) is 5. The number of benzene rings is 2. The first kappa shape index (κ1) is 26.7. The largest absolute Gasteiger partial charge is 0.444 e. The Kier molecular flexibility index (Phi) is 7.25. The number of carbonyl (C=O) groups excluding carboxylic acids is 2. The summed E-state index contributed by atoms with van der Waals surface area (Å²) in [5, 5.41) is 3.54. The van der Waals surface area contributed by atoms with E-state index in [2.05, 4.69) is 23.4 Å². The molecule has 0 atom stereocenters. The number of rotatable bonds is 4. The molecule has 1 saturated heterocycles. The summed E-state index contributed by atoms with van der Waals surface area (Å²) in [6.07, 6.45) is 6.21. The molecule has 3 aliphatic rings. The van der Waals surface area contributed by atoms with Crippen molar-refractivity contribution in [1.29, 1.82) is 0 Å². The highest BCUT2D eigenvalue weighted by Crippen LogP contribution is 2.54. The fourth-order valence-corrected chi connectivity index (χ4v) is 6.64. The number of halogens is 1. The number of carbonyl (C=O) groups is 2. The van der Waals surface area contributed by atoms with Crippen LogP contribution in [0.1, 0.15) is 88.3 Å². The Morgan fingerprint density at radius 1 is 1.08 bits per heavy atom. The Morgan fingerprint density at radius 3 is 2.45 bits per heavy atom. The van der Waals surface area contributed by atoms with Crippen LogP contribution in [0.2, 0.25) is 5.02 Å². The summed E-state index contributed by atoms with van der Waals surface area (Å²) in [5.41, 5.74) is 3.28. The van der Waals surface area contributed by atoms with Crippen molar-refractivity contribution in [2.75, 3.05) is 18.0 Å². The second-order valence-electron chi connectivity index (χ2n) is 11.8. The predicted octanol–water partition coefficient (Wildman–Crippen LogP) is 7.60. The first-order chi connectivity index (χ1) is 18.1. The summed E-state index contributed by atoms with van der Waals surface area (Å²) < 4.78 is 5.56. The van der Waals surface area contributed by atoms with Crippen LogP contribution in [0.5, 0.6) is 0 Å². The van der Waals surface area contributed by atoms with Crippen LogP contribution < -0.4 is 4.90 Å². The van der Waals surface area contributed by atoms with Gasteiger partial charge in [-0.3, -0.25) is 9.69 Å². The van der Waals surface area contributed by atoms with Crippen molar-refractivity contribution < 1.29 is 14.3 Å². The van der Waals surface area contributed by atoms with E-state index in [1.165, 1.54) is 0 Å². The minimum absolute atomic E-state index is 0.0681. The van der Waals surface area contributed by atoms with Crippen molar-refractivity contribution in [3.8, 4) is 0 Å². The zero-order valence-electron chi connectivity index (χ0n) is 22.5. The molecule has 8 heteroatoms. The average molecular weight is 538 g/mol. The number of fused-ring (bicyclic) bond motifs is 2. The molecule has 7 nitrogen and oxygen atoms in total. The van der Waals surface area contributed by atoms with Gasteiger partial charge in [-0.15, -0.1) is 0 Å². The molecule has 0 N–H and O–H groups in total. The van der Waals surface area contributed by atoms with Crippen molar-refractivity contribution in [3.63, 3.8) is 0 Å². The summed E-state index contributed by atoms with van der Waals surface area (Å²) >= 11 is 6.49. The molecule has 0 unspecified atom stereocenters. The van der Waals surface area contributed by atoms with Gasteiger partial charge in [-0.25, -0.2) is 4.79 Å². The molecule has 1 aliphatic carbocycles. The number of nitroso groups, excluding NO2 is 1. The van der Waals surface area contributed by atoms with Gasteiger partial charge in [-0.1, -0.05) is 54.2 Å². The molecule has 0 radical (unpaired) electrons. The molecule has 1 spiro atoms. The average Bonchev–Trinajstić information content (AvgIpc) is 3.11. The molecule has 0 aromatic heterocycles. The lowest BCUT2D eigenvalue weighted by Crippen LogP contribution is -2.41. The van der Waals surface area contributed by atoms with Crippen LogP contribution in [0.25, 0.3) is 0 Å². The van der Waals surface area contributed by atoms with Crippen molar-refractivity contribution in [1.82, 2.24) is 4.90 Å². The molecule has 2 fully saturated rings. The Bertz CT molecular complexity index is 1240. The van der Waals surface area contributed by atoms with Gasteiger partial charge in [0.15, 0.2) is 0 Å². The number of nitrogens with zero attached hydrogens (tertiary/aromatic N) is 3. The first-order valence-electron chi connectivity index (χ1n) is 13.7. The minimum atomic E-state index is -0.541. The number of ether oxygens (including phenoxy) is 1. The van der Waals surface area contributed by atoms with E-state index in [0.717, 1.165) is 61.8 Å². The third-order valence-corrected chi connectivity index (χ3v) is 8.63. The number of piperidine rings is 1. The van der Waals surface area contributed by atoms with Crippen molar-refractivity contribution in [3.05, 3.63) is 63.0 Å². The lowest BCUT2D eigenvalue weighted by molar-refractivity contribution is -0.123. The lowest BCUT2D eigenvalue weighted by atomic mass is 9.70. The second kappa shape index (κ2) is 10.3. The Hall–Kier alpha value is -2.93. The molecule has 2 aromatic carbocycles. The smallest absolute Gasteiger partial charge is 0.410 e. The Balaban J connectivity index is 1.49. The number of hydrogen-bond donors (Lipinski definition) is 0. The normalized spacial score (nSPS) is 19.5. The topological polar surface area (TPSA) is 79.3 Å². The number of amides is 2. The van der Waals surface area contributed by atoms with Crippen molar-refractivity contribution >= 4 is 35.0 Å². The molecule has 5 rings (SSSR count). The molecule has 202 valence electrons. The van der Waals surface area contributed by atoms with Crippen LogP contribution >= 0.6 is 11.6 Å². The van der Waals surface area contributed by atoms with Crippen LogP contribution in [0, 0.1) is 4.91 Å². The van der Waals surface area contributed by atoms with E-state index in [9.17, 15) is 14.5 Å². The first-order valence-corrected chi connectivity index (χ1v) is 14.1. The maximum atomic E-state index is 14.2. The fourth-order valence-electron chi connectivity index (χ4n) is 6.41. The van der Waals surface area contributed by atoms with Gasteiger partial charge in [0.25, 0.3) is 0 Å². The van der Waals surface area contributed by atoms with Gasteiger partial charge in [-0.2, -0.15) is 4.91 Å². The molecule has 1 saturated carbocycles. The highest BCUT2D eigenvalue weighted by molar-refractivity contribution is 6.32. The fraction of sp³-hybridized carbons (Fsp3) is 0.533. The molecule has 2 amide bonds. The highest BCUT2D eigenvalue weighted by atomic mass is 35.5. The van der Waals surface area contributed by atoms with E-state index in [1.54, 1.807) is 15.9 Å². The van der Waals surface area contributed by atoms with Gasteiger partial charge < -0.3 is 9.64 Å².